The molecule has 0 saturated carbocycles. The van der Waals surface area contributed by atoms with Gasteiger partial charge in [0.2, 0.25) is 17.5 Å². The molecule has 8 nitrogen and oxygen atoms in total. The Balaban J connectivity index is 1.20. The first-order valence-electron chi connectivity index (χ1n) is 11.9. The first kappa shape index (κ1) is 21.3. The predicted octanol–water partition coefficient (Wildman–Crippen LogP) is 4.46. The summed E-state index contributed by atoms with van der Waals surface area (Å²) in [7, 11) is 0. The third-order valence-corrected chi connectivity index (χ3v) is 7.02. The number of nitriles is 1. The van der Waals surface area contributed by atoms with E-state index in [1.807, 2.05) is 23.1 Å². The van der Waals surface area contributed by atoms with Gasteiger partial charge >= 0.3 is 0 Å². The van der Waals surface area contributed by atoms with Crippen LogP contribution >= 0.6 is 0 Å². The molecular formula is C27H25N5O3. The van der Waals surface area contributed by atoms with Gasteiger partial charge in [-0.25, -0.2) is 0 Å². The third kappa shape index (κ3) is 3.79. The first-order valence-corrected chi connectivity index (χ1v) is 11.9. The second-order valence-corrected chi connectivity index (χ2v) is 8.99. The summed E-state index contributed by atoms with van der Waals surface area (Å²) in [4.78, 5) is 22.1. The molecule has 1 aromatic carbocycles. The van der Waals surface area contributed by atoms with Gasteiger partial charge in [-0.2, -0.15) is 10.2 Å². The maximum atomic E-state index is 13.8. The van der Waals surface area contributed by atoms with E-state index in [4.69, 9.17) is 8.83 Å². The summed E-state index contributed by atoms with van der Waals surface area (Å²) >= 11 is 0. The van der Waals surface area contributed by atoms with Crippen molar-refractivity contribution in [2.45, 2.75) is 25.4 Å². The van der Waals surface area contributed by atoms with Crippen molar-refractivity contribution < 1.29 is 13.6 Å². The second-order valence-electron chi connectivity index (χ2n) is 8.99. The van der Waals surface area contributed by atoms with E-state index >= 15 is 0 Å². The fourth-order valence-electron chi connectivity index (χ4n) is 5.28. The summed E-state index contributed by atoms with van der Waals surface area (Å²) in [6.45, 7) is 2.74. The number of benzene rings is 1. The Bertz CT molecular complexity index is 1360. The van der Waals surface area contributed by atoms with E-state index in [1.165, 1.54) is 0 Å². The van der Waals surface area contributed by atoms with Crippen molar-refractivity contribution in [1.29, 1.82) is 5.26 Å². The van der Waals surface area contributed by atoms with Gasteiger partial charge in [-0.15, -0.1) is 0 Å². The average Bonchev–Trinajstić information content (AvgIpc) is 3.68. The van der Waals surface area contributed by atoms with E-state index in [2.05, 4.69) is 51.0 Å². The van der Waals surface area contributed by atoms with Crippen LogP contribution in [0.4, 0.5) is 5.88 Å². The van der Waals surface area contributed by atoms with Crippen LogP contribution in [0.1, 0.15) is 35.8 Å². The van der Waals surface area contributed by atoms with Crippen LogP contribution in [0.3, 0.4) is 0 Å². The SMILES string of the molecule is N#Cc1nc(-c2ccco2)oc1N1CCC(C(=O)N2CCn3cccc3C2c2ccccc2)CC1. The quantitative estimate of drug-likeness (QED) is 0.440. The summed E-state index contributed by atoms with van der Waals surface area (Å²) in [5, 5.41) is 9.58. The van der Waals surface area contributed by atoms with E-state index < -0.39 is 0 Å². The number of anilines is 1. The fraction of sp³-hybridized carbons (Fsp3) is 0.296. The van der Waals surface area contributed by atoms with Crippen molar-refractivity contribution in [3.63, 3.8) is 0 Å². The van der Waals surface area contributed by atoms with Gasteiger partial charge in [0.25, 0.3) is 5.89 Å². The maximum absolute atomic E-state index is 13.8. The zero-order valence-corrected chi connectivity index (χ0v) is 19.2. The number of oxazole rings is 1. The Labute approximate surface area is 203 Å². The lowest BCUT2D eigenvalue weighted by Gasteiger charge is -2.41. The van der Waals surface area contributed by atoms with Crippen LogP contribution in [-0.4, -0.2) is 40.0 Å². The van der Waals surface area contributed by atoms with Gasteiger partial charge in [-0.1, -0.05) is 30.3 Å². The van der Waals surface area contributed by atoms with Gasteiger partial charge in [-0.05, 0) is 42.7 Å². The lowest BCUT2D eigenvalue weighted by atomic mass is 9.92. The largest absolute Gasteiger partial charge is 0.459 e. The van der Waals surface area contributed by atoms with Gasteiger partial charge in [0.15, 0.2) is 5.76 Å². The molecule has 1 unspecified atom stereocenters. The molecule has 2 aliphatic rings. The molecule has 0 bridgehead atoms. The number of carbonyl (C=O) groups is 1. The van der Waals surface area contributed by atoms with E-state index in [-0.39, 0.29) is 23.6 Å². The molecule has 1 amide bonds. The molecule has 3 aromatic heterocycles. The molecule has 1 saturated heterocycles. The van der Waals surface area contributed by atoms with Crippen LogP contribution in [0.5, 0.6) is 0 Å². The van der Waals surface area contributed by atoms with Crippen LogP contribution in [0.15, 0.2) is 75.9 Å². The van der Waals surface area contributed by atoms with Crippen molar-refractivity contribution in [1.82, 2.24) is 14.5 Å². The number of fused-ring (bicyclic) bond motifs is 1. The molecule has 0 N–H and O–H groups in total. The van der Waals surface area contributed by atoms with E-state index in [1.54, 1.807) is 18.4 Å². The molecular weight excluding hydrogens is 442 g/mol. The summed E-state index contributed by atoms with van der Waals surface area (Å²) < 4.78 is 13.5. The lowest BCUT2D eigenvalue weighted by molar-refractivity contribution is -0.139. The molecule has 5 heterocycles. The minimum Gasteiger partial charge on any atom is -0.459 e. The highest BCUT2D eigenvalue weighted by Gasteiger charge is 2.37. The maximum Gasteiger partial charge on any atom is 0.266 e. The lowest BCUT2D eigenvalue weighted by Crippen LogP contribution is -2.47. The standard InChI is InChI=1S/C27H25N5O3/c28-18-21-27(35-25(29-21)23-9-5-17-34-23)31-13-10-20(11-14-31)26(33)32-16-15-30-12-4-8-22(30)24(32)19-6-2-1-3-7-19/h1-9,12,17,20,24H,10-11,13-16H2. The normalized spacial score (nSPS) is 18.3. The van der Waals surface area contributed by atoms with Crippen LogP contribution in [-0.2, 0) is 11.3 Å². The van der Waals surface area contributed by atoms with Gasteiger partial charge in [0, 0.05) is 44.0 Å². The highest BCUT2D eigenvalue weighted by Crippen LogP contribution is 2.36. The molecule has 176 valence electrons. The number of hydrogen-bond donors (Lipinski definition) is 0. The Hall–Kier alpha value is -4.25. The Kier molecular flexibility index (Phi) is 5.38. The zero-order valence-electron chi connectivity index (χ0n) is 19.2. The minimum absolute atomic E-state index is 0.0722. The summed E-state index contributed by atoms with van der Waals surface area (Å²) in [5.74, 6) is 1.35. The van der Waals surface area contributed by atoms with Crippen LogP contribution in [0, 0.1) is 17.2 Å². The Morgan fingerprint density at radius 2 is 1.83 bits per heavy atom. The average molecular weight is 468 g/mol. The number of aromatic nitrogens is 2. The molecule has 1 atom stereocenters. The first-order chi connectivity index (χ1) is 17.2. The molecule has 2 aliphatic heterocycles. The van der Waals surface area contributed by atoms with Crippen molar-refractivity contribution in [2.24, 2.45) is 5.92 Å². The van der Waals surface area contributed by atoms with Crippen LogP contribution in [0.2, 0.25) is 0 Å². The molecule has 0 radical (unpaired) electrons. The topological polar surface area (TPSA) is 91.4 Å². The second kappa shape index (κ2) is 8.84. The van der Waals surface area contributed by atoms with E-state index in [0.29, 0.717) is 50.0 Å². The van der Waals surface area contributed by atoms with Crippen molar-refractivity contribution in [2.75, 3.05) is 24.5 Å². The number of furan rings is 1. The Morgan fingerprint density at radius 3 is 2.57 bits per heavy atom. The minimum atomic E-state index is -0.0826. The highest BCUT2D eigenvalue weighted by molar-refractivity contribution is 5.80. The summed E-state index contributed by atoms with van der Waals surface area (Å²) in [6, 6.07) is 20.0. The molecule has 1 fully saturated rings. The third-order valence-electron chi connectivity index (χ3n) is 7.02. The van der Waals surface area contributed by atoms with Crippen molar-refractivity contribution in [3.05, 3.63) is 84.0 Å². The monoisotopic (exact) mass is 467 g/mol. The number of piperidine rings is 1. The molecule has 0 aliphatic carbocycles. The summed E-state index contributed by atoms with van der Waals surface area (Å²) in [5.41, 5.74) is 2.52. The van der Waals surface area contributed by atoms with E-state index in [9.17, 15) is 10.1 Å². The molecule has 35 heavy (non-hydrogen) atoms. The smallest absolute Gasteiger partial charge is 0.266 e. The van der Waals surface area contributed by atoms with Gasteiger partial charge in [0.05, 0.1) is 12.3 Å². The number of amides is 1. The zero-order chi connectivity index (χ0) is 23.8. The molecule has 0 spiro atoms. The fourth-order valence-corrected chi connectivity index (χ4v) is 5.28. The highest BCUT2D eigenvalue weighted by atomic mass is 16.4. The summed E-state index contributed by atoms with van der Waals surface area (Å²) in [6.07, 6.45) is 5.02. The van der Waals surface area contributed by atoms with Crippen molar-refractivity contribution >= 4 is 11.8 Å². The van der Waals surface area contributed by atoms with Gasteiger partial charge in [0.1, 0.15) is 6.07 Å². The van der Waals surface area contributed by atoms with Gasteiger partial charge < -0.3 is 23.2 Å². The number of hydrogen-bond acceptors (Lipinski definition) is 6. The molecule has 4 aromatic rings. The van der Waals surface area contributed by atoms with Gasteiger partial charge in [-0.3, -0.25) is 4.79 Å². The van der Waals surface area contributed by atoms with Crippen LogP contribution < -0.4 is 4.90 Å². The van der Waals surface area contributed by atoms with E-state index in [0.717, 1.165) is 17.8 Å². The van der Waals surface area contributed by atoms with Crippen LogP contribution in [0.25, 0.3) is 11.7 Å². The number of rotatable bonds is 4. The van der Waals surface area contributed by atoms with Crippen molar-refractivity contribution in [3.8, 4) is 17.7 Å². The predicted molar refractivity (Wildman–Crippen MR) is 128 cm³/mol. The molecule has 8 heteroatoms. The number of carbonyl (C=O) groups excluding carboxylic acids is 1. The molecule has 6 rings (SSSR count). The number of nitrogens with zero attached hydrogens (tertiary/aromatic N) is 5. The Morgan fingerprint density at radius 1 is 1.00 bits per heavy atom.